The summed E-state index contributed by atoms with van der Waals surface area (Å²) in [7, 11) is 0. The van der Waals surface area contributed by atoms with E-state index in [0.29, 0.717) is 26.7 Å². The molecule has 28 heavy (non-hydrogen) atoms. The number of nitrogens with zero attached hydrogens (tertiary/aromatic N) is 2. The van der Waals surface area contributed by atoms with Gasteiger partial charge in [0, 0.05) is 4.88 Å². The number of carbonyl (C=O) groups excluding carboxylic acids is 2. The molecule has 0 saturated heterocycles. The lowest BCUT2D eigenvalue weighted by Crippen LogP contribution is -2.16. The van der Waals surface area contributed by atoms with Crippen molar-refractivity contribution in [1.82, 2.24) is 4.98 Å². The van der Waals surface area contributed by atoms with E-state index >= 15 is 0 Å². The number of fused-ring (bicyclic) bond motifs is 1. The number of aromatic nitrogens is 1. The van der Waals surface area contributed by atoms with Gasteiger partial charge in [0.1, 0.15) is 16.8 Å². The maximum Gasteiger partial charge on any atom is 0.274 e. The number of aryl methyl sites for hydroxylation is 2. The summed E-state index contributed by atoms with van der Waals surface area (Å²) in [5, 5.41) is 14.4. The van der Waals surface area contributed by atoms with E-state index in [-0.39, 0.29) is 17.4 Å². The van der Waals surface area contributed by atoms with Crippen molar-refractivity contribution in [3.05, 3.63) is 67.5 Å². The van der Waals surface area contributed by atoms with E-state index < -0.39 is 0 Å². The van der Waals surface area contributed by atoms with Crippen LogP contribution in [0.15, 0.2) is 29.6 Å². The standard InChI is InChI=1S/C21H17N3O2S2/c1-12-13(11-22)8-9-15(23-12)20(26)24-21-18(19(25)17-7-4-10-27-17)14-5-2-3-6-16(14)28-21/h4,7-10H,2-3,5-6H2,1H3,(H,24,26). The van der Waals surface area contributed by atoms with Gasteiger partial charge in [-0.1, -0.05) is 6.07 Å². The number of anilines is 1. The SMILES string of the molecule is Cc1nc(C(=O)Nc2sc3c(c2C(=O)c2cccs2)CCCC3)ccc1C#N. The molecule has 0 unspecified atom stereocenters. The van der Waals surface area contributed by atoms with Crippen LogP contribution in [0.25, 0.3) is 0 Å². The molecule has 0 fully saturated rings. The molecule has 4 rings (SSSR count). The molecule has 3 aromatic rings. The second kappa shape index (κ2) is 7.66. The minimum atomic E-state index is -0.369. The van der Waals surface area contributed by atoms with Gasteiger partial charge in [-0.3, -0.25) is 9.59 Å². The normalized spacial score (nSPS) is 12.9. The monoisotopic (exact) mass is 407 g/mol. The Kier molecular flexibility index (Phi) is 5.07. The maximum absolute atomic E-state index is 13.1. The minimum Gasteiger partial charge on any atom is -0.312 e. The number of thiophene rings is 2. The summed E-state index contributed by atoms with van der Waals surface area (Å²) in [5.74, 6) is -0.403. The third kappa shape index (κ3) is 3.37. The zero-order chi connectivity index (χ0) is 19.7. The van der Waals surface area contributed by atoms with Crippen LogP contribution in [0.2, 0.25) is 0 Å². The lowest BCUT2D eigenvalue weighted by molar-refractivity contribution is 0.102. The first-order valence-electron chi connectivity index (χ1n) is 9.00. The zero-order valence-electron chi connectivity index (χ0n) is 15.2. The first-order chi connectivity index (χ1) is 13.6. The molecule has 0 spiro atoms. The van der Waals surface area contributed by atoms with Gasteiger partial charge in [-0.2, -0.15) is 5.26 Å². The van der Waals surface area contributed by atoms with Gasteiger partial charge in [0.15, 0.2) is 0 Å². The van der Waals surface area contributed by atoms with Crippen molar-refractivity contribution in [1.29, 1.82) is 5.26 Å². The number of nitriles is 1. The highest BCUT2D eigenvalue weighted by molar-refractivity contribution is 7.17. The van der Waals surface area contributed by atoms with Crippen LogP contribution < -0.4 is 5.32 Å². The molecular formula is C21H17N3O2S2. The van der Waals surface area contributed by atoms with E-state index in [4.69, 9.17) is 5.26 Å². The Labute approximate surface area is 170 Å². The van der Waals surface area contributed by atoms with E-state index in [1.807, 2.05) is 23.6 Å². The van der Waals surface area contributed by atoms with Gasteiger partial charge in [0.2, 0.25) is 5.78 Å². The molecule has 0 radical (unpaired) electrons. The molecule has 1 aliphatic rings. The maximum atomic E-state index is 13.1. The Morgan fingerprint density at radius 1 is 1.21 bits per heavy atom. The van der Waals surface area contributed by atoms with Gasteiger partial charge in [0.05, 0.1) is 21.7 Å². The highest BCUT2D eigenvalue weighted by Gasteiger charge is 2.27. The first kappa shape index (κ1) is 18.5. The first-order valence-corrected chi connectivity index (χ1v) is 10.7. The minimum absolute atomic E-state index is 0.0336. The Morgan fingerprint density at radius 3 is 2.75 bits per heavy atom. The third-order valence-electron chi connectivity index (χ3n) is 4.81. The zero-order valence-corrected chi connectivity index (χ0v) is 16.9. The molecule has 3 aromatic heterocycles. The molecule has 0 atom stereocenters. The summed E-state index contributed by atoms with van der Waals surface area (Å²) in [5.41, 5.74) is 2.89. The number of amides is 1. The van der Waals surface area contributed by atoms with Crippen molar-refractivity contribution in [3.63, 3.8) is 0 Å². The fourth-order valence-electron chi connectivity index (χ4n) is 3.40. The summed E-state index contributed by atoms with van der Waals surface area (Å²) < 4.78 is 0. The van der Waals surface area contributed by atoms with Gasteiger partial charge >= 0.3 is 0 Å². The summed E-state index contributed by atoms with van der Waals surface area (Å²) in [6.07, 6.45) is 3.96. The molecular weight excluding hydrogens is 390 g/mol. The van der Waals surface area contributed by atoms with Crippen molar-refractivity contribution in [2.24, 2.45) is 0 Å². The summed E-state index contributed by atoms with van der Waals surface area (Å²) in [6, 6.07) is 8.85. The van der Waals surface area contributed by atoms with Crippen LogP contribution >= 0.6 is 22.7 Å². The van der Waals surface area contributed by atoms with Crippen LogP contribution in [0.5, 0.6) is 0 Å². The average Bonchev–Trinajstić information content (AvgIpc) is 3.35. The van der Waals surface area contributed by atoms with Crippen molar-refractivity contribution < 1.29 is 9.59 Å². The Hall–Kier alpha value is -2.82. The molecule has 1 amide bonds. The second-order valence-electron chi connectivity index (χ2n) is 6.62. The van der Waals surface area contributed by atoms with E-state index in [0.717, 1.165) is 31.2 Å². The number of nitrogens with one attached hydrogen (secondary N) is 1. The van der Waals surface area contributed by atoms with E-state index in [9.17, 15) is 9.59 Å². The molecule has 140 valence electrons. The number of carbonyl (C=O) groups is 2. The Balaban J connectivity index is 1.70. The van der Waals surface area contributed by atoms with Crippen LogP contribution in [0.3, 0.4) is 0 Å². The van der Waals surface area contributed by atoms with Crippen molar-refractivity contribution >= 4 is 39.4 Å². The van der Waals surface area contributed by atoms with E-state index in [2.05, 4.69) is 10.3 Å². The van der Waals surface area contributed by atoms with Crippen LogP contribution in [0, 0.1) is 18.3 Å². The molecule has 1 aliphatic carbocycles. The van der Waals surface area contributed by atoms with Gasteiger partial charge in [0.25, 0.3) is 5.91 Å². The lowest BCUT2D eigenvalue weighted by Gasteiger charge is -2.12. The molecule has 0 saturated carbocycles. The van der Waals surface area contributed by atoms with Crippen LogP contribution in [0.1, 0.15) is 60.3 Å². The summed E-state index contributed by atoms with van der Waals surface area (Å²) >= 11 is 2.90. The number of ketones is 1. The van der Waals surface area contributed by atoms with Gasteiger partial charge in [-0.15, -0.1) is 22.7 Å². The molecule has 5 nitrogen and oxygen atoms in total. The highest BCUT2D eigenvalue weighted by Crippen LogP contribution is 2.40. The molecule has 0 aliphatic heterocycles. The third-order valence-corrected chi connectivity index (χ3v) is 6.89. The molecule has 7 heteroatoms. The quantitative estimate of drug-likeness (QED) is 0.633. The predicted molar refractivity (Wildman–Crippen MR) is 110 cm³/mol. The fraction of sp³-hybridized carbons (Fsp3) is 0.238. The van der Waals surface area contributed by atoms with E-state index in [1.54, 1.807) is 13.0 Å². The summed E-state index contributed by atoms with van der Waals surface area (Å²) in [4.78, 5) is 32.0. The van der Waals surface area contributed by atoms with E-state index in [1.165, 1.54) is 33.6 Å². The molecule has 0 aromatic carbocycles. The van der Waals surface area contributed by atoms with Crippen molar-refractivity contribution in [3.8, 4) is 6.07 Å². The van der Waals surface area contributed by atoms with Crippen molar-refractivity contribution in [2.75, 3.05) is 5.32 Å². The largest absolute Gasteiger partial charge is 0.312 e. The van der Waals surface area contributed by atoms with Gasteiger partial charge < -0.3 is 5.32 Å². The van der Waals surface area contributed by atoms with Crippen LogP contribution in [-0.4, -0.2) is 16.7 Å². The lowest BCUT2D eigenvalue weighted by atomic mass is 9.93. The van der Waals surface area contributed by atoms with Gasteiger partial charge in [-0.25, -0.2) is 4.98 Å². The van der Waals surface area contributed by atoms with Crippen molar-refractivity contribution in [2.45, 2.75) is 32.6 Å². The Bertz CT molecular complexity index is 1110. The fourth-order valence-corrected chi connectivity index (χ4v) is 5.35. The van der Waals surface area contributed by atoms with Crippen LogP contribution in [0.4, 0.5) is 5.00 Å². The molecule has 0 bridgehead atoms. The molecule has 1 N–H and O–H groups in total. The smallest absolute Gasteiger partial charge is 0.274 e. The van der Waals surface area contributed by atoms with Crippen LogP contribution in [-0.2, 0) is 12.8 Å². The number of pyridine rings is 1. The number of rotatable bonds is 4. The number of hydrogen-bond acceptors (Lipinski definition) is 6. The second-order valence-corrected chi connectivity index (χ2v) is 8.67. The Morgan fingerprint density at radius 2 is 2.04 bits per heavy atom. The highest BCUT2D eigenvalue weighted by atomic mass is 32.1. The topological polar surface area (TPSA) is 82.8 Å². The molecule has 3 heterocycles. The van der Waals surface area contributed by atoms with Gasteiger partial charge in [-0.05, 0) is 61.7 Å². The average molecular weight is 408 g/mol. The predicted octanol–water partition coefficient (Wildman–Crippen LogP) is 4.75. The number of hydrogen-bond donors (Lipinski definition) is 1. The summed E-state index contributed by atoms with van der Waals surface area (Å²) in [6.45, 7) is 1.70.